The number of alkyl carbamates (subject to hydrolysis) is 2. The van der Waals surface area contributed by atoms with Crippen LogP contribution in [0.2, 0.25) is 0 Å². The lowest BCUT2D eigenvalue weighted by Gasteiger charge is -2.29. The molecular weight excluding hydrogens is 765 g/mol. The Morgan fingerprint density at radius 2 is 1.33 bits per heavy atom. The van der Waals surface area contributed by atoms with E-state index in [-0.39, 0.29) is 29.7 Å². The number of nitrogens with one attached hydrogen (secondary N) is 5. The number of pyridine rings is 2. The van der Waals surface area contributed by atoms with Gasteiger partial charge in [0.05, 0.1) is 31.3 Å². The van der Waals surface area contributed by atoms with Crippen LogP contribution < -0.4 is 16.0 Å². The number of carbonyl (C=O) groups excluding carboxylic acids is 4. The molecule has 0 bridgehead atoms. The molecule has 4 amide bonds. The lowest BCUT2D eigenvalue weighted by Crippen LogP contribution is -2.51. The summed E-state index contributed by atoms with van der Waals surface area (Å²) in [5, 5.41) is 10.4. The Morgan fingerprint density at radius 3 is 1.93 bits per heavy atom. The van der Waals surface area contributed by atoms with E-state index in [2.05, 4.69) is 88.1 Å². The molecule has 1 fully saturated rings. The van der Waals surface area contributed by atoms with Crippen LogP contribution in [-0.4, -0.2) is 98.2 Å². The molecule has 16 heteroatoms. The normalized spacial score (nSPS) is 15.1. The Labute approximate surface area is 347 Å². The van der Waals surface area contributed by atoms with Gasteiger partial charge in [-0.2, -0.15) is 0 Å². The zero-order valence-electron chi connectivity index (χ0n) is 34.8. The van der Waals surface area contributed by atoms with Gasteiger partial charge >= 0.3 is 12.2 Å². The number of aryl methyl sites for hydroxylation is 1. The van der Waals surface area contributed by atoms with E-state index in [0.717, 1.165) is 75.6 Å². The van der Waals surface area contributed by atoms with Crippen LogP contribution in [-0.2, 0) is 25.5 Å². The second-order valence-corrected chi connectivity index (χ2v) is 15.9. The predicted molar refractivity (Wildman–Crippen MR) is 228 cm³/mol. The highest BCUT2D eigenvalue weighted by atomic mass is 16.5. The number of nitrogens with zero attached hydrogens (tertiary/aromatic N) is 5. The first kappa shape index (κ1) is 41.6. The van der Waals surface area contributed by atoms with Gasteiger partial charge in [-0.1, -0.05) is 52.0 Å². The summed E-state index contributed by atoms with van der Waals surface area (Å²) >= 11 is 0. The number of rotatable bonds is 14. The van der Waals surface area contributed by atoms with Gasteiger partial charge in [0.15, 0.2) is 11.3 Å². The van der Waals surface area contributed by atoms with Crippen molar-refractivity contribution in [1.29, 1.82) is 0 Å². The molecule has 0 radical (unpaired) electrons. The molecule has 0 saturated carbocycles. The molecule has 6 aromatic rings. The number of amides is 4. The summed E-state index contributed by atoms with van der Waals surface area (Å²) in [4.78, 5) is 77.3. The fourth-order valence-corrected chi connectivity index (χ4v) is 7.72. The Morgan fingerprint density at radius 1 is 0.750 bits per heavy atom. The zero-order chi connectivity index (χ0) is 42.5. The quantitative estimate of drug-likeness (QED) is 0.0746. The van der Waals surface area contributed by atoms with Crippen molar-refractivity contribution in [2.75, 3.05) is 27.3 Å². The van der Waals surface area contributed by atoms with Gasteiger partial charge < -0.3 is 40.3 Å². The van der Waals surface area contributed by atoms with Gasteiger partial charge in [-0.15, -0.1) is 0 Å². The number of benzene rings is 2. The molecule has 2 aromatic carbocycles. The number of likely N-dealkylation sites (tertiary alicyclic amines) is 1. The van der Waals surface area contributed by atoms with Crippen LogP contribution in [0.4, 0.5) is 9.59 Å². The Bertz CT molecular complexity index is 2530. The van der Waals surface area contributed by atoms with Crippen molar-refractivity contribution in [2.45, 2.75) is 77.9 Å². The molecular formula is C44H52N10O6. The lowest BCUT2D eigenvalue weighted by molar-refractivity contribution is -0.135. The first-order valence-corrected chi connectivity index (χ1v) is 20.4. The lowest BCUT2D eigenvalue weighted by atomic mass is 9.99. The summed E-state index contributed by atoms with van der Waals surface area (Å²) in [5.74, 6) is 0.921. The van der Waals surface area contributed by atoms with Gasteiger partial charge in [-0.3, -0.25) is 9.59 Å². The third-order valence-corrected chi connectivity index (χ3v) is 11.0. The fourth-order valence-electron chi connectivity index (χ4n) is 7.72. The average molecular weight is 817 g/mol. The molecule has 16 nitrogen and oxygen atoms in total. The molecule has 60 heavy (non-hydrogen) atoms. The van der Waals surface area contributed by atoms with E-state index in [0.29, 0.717) is 36.6 Å². The van der Waals surface area contributed by atoms with E-state index in [4.69, 9.17) is 9.72 Å². The summed E-state index contributed by atoms with van der Waals surface area (Å²) in [5.41, 5.74) is 6.82. The van der Waals surface area contributed by atoms with Crippen molar-refractivity contribution in [3.8, 4) is 22.3 Å². The Hall–Kier alpha value is -6.58. The maximum Gasteiger partial charge on any atom is 0.407 e. The summed E-state index contributed by atoms with van der Waals surface area (Å²) in [6.07, 6.45) is 6.24. The van der Waals surface area contributed by atoms with Crippen LogP contribution in [0.15, 0.2) is 60.9 Å². The van der Waals surface area contributed by atoms with Crippen LogP contribution in [0.5, 0.6) is 0 Å². The van der Waals surface area contributed by atoms with Gasteiger partial charge in [0, 0.05) is 43.0 Å². The number of unbranched alkanes of at least 4 members (excludes halogenated alkanes) is 1. The van der Waals surface area contributed by atoms with Gasteiger partial charge in [0.2, 0.25) is 11.8 Å². The highest BCUT2D eigenvalue weighted by Crippen LogP contribution is 2.34. The number of ether oxygens (including phenoxy) is 2. The molecule has 5 heterocycles. The van der Waals surface area contributed by atoms with Crippen molar-refractivity contribution in [3.05, 3.63) is 72.6 Å². The molecule has 1 saturated heterocycles. The van der Waals surface area contributed by atoms with Crippen LogP contribution >= 0.6 is 0 Å². The molecule has 7 rings (SSSR count). The summed E-state index contributed by atoms with van der Waals surface area (Å²) in [6, 6.07) is 15.2. The molecule has 0 unspecified atom stereocenters. The SMILES string of the molecule is COC(=O)N[C@H](C(=O)NCCCCc1nc2ncc(-c3ccc4cc(-c5cnc6nc([C@H]7CCCN7C(=O)[C@@H](NC(=O)OC)C(C)C)[nH]c6c5)ccc4c3)cc2[nH]1)C(C)C. The van der Waals surface area contributed by atoms with Gasteiger partial charge in [-0.05, 0) is 83.7 Å². The summed E-state index contributed by atoms with van der Waals surface area (Å²) < 4.78 is 9.41. The van der Waals surface area contributed by atoms with E-state index in [9.17, 15) is 19.2 Å². The minimum atomic E-state index is -0.706. The van der Waals surface area contributed by atoms with Gasteiger partial charge in [-0.25, -0.2) is 29.5 Å². The third-order valence-electron chi connectivity index (χ3n) is 11.0. The van der Waals surface area contributed by atoms with Crippen LogP contribution in [0.3, 0.4) is 0 Å². The number of fused-ring (bicyclic) bond motifs is 3. The molecule has 0 spiro atoms. The minimum Gasteiger partial charge on any atom is -0.453 e. The van der Waals surface area contributed by atoms with Crippen LogP contribution in [0.1, 0.15) is 71.1 Å². The monoisotopic (exact) mass is 816 g/mol. The van der Waals surface area contributed by atoms with Crippen molar-refractivity contribution in [3.63, 3.8) is 0 Å². The summed E-state index contributed by atoms with van der Waals surface area (Å²) in [7, 11) is 2.56. The predicted octanol–water partition coefficient (Wildman–Crippen LogP) is 6.58. The molecule has 0 aliphatic carbocycles. The van der Waals surface area contributed by atoms with E-state index in [1.54, 1.807) is 4.90 Å². The Balaban J connectivity index is 0.991. The second kappa shape index (κ2) is 18.1. The van der Waals surface area contributed by atoms with Gasteiger partial charge in [0.25, 0.3) is 0 Å². The standard InChI is InChI=1S/C44H52N10O6/c1-24(2)36(51-43(57)59-5)41(55)45-16-8-7-11-35-48-32-20-30(22-46-38(32)50-35)28-14-12-27-19-29(15-13-26(27)18-28)31-21-33-39(47-23-31)53-40(49-33)34-10-9-17-54(34)42(56)37(25(3)4)52-44(58)60-6/h12-15,18-25,34,36-37H,7-11,16-17H2,1-6H3,(H,45,55)(H,51,57)(H,52,58)(H,46,48,50)(H,47,49,53)/t34-,36+,37+/m1/s1. The molecule has 1 aliphatic rings. The molecule has 5 N–H and O–H groups in total. The number of hydrogen-bond acceptors (Lipinski definition) is 10. The average Bonchev–Trinajstić information content (AvgIpc) is 4.01. The largest absolute Gasteiger partial charge is 0.453 e. The maximum atomic E-state index is 13.6. The van der Waals surface area contributed by atoms with Gasteiger partial charge in [0.1, 0.15) is 23.7 Å². The van der Waals surface area contributed by atoms with E-state index in [1.807, 2.05) is 46.2 Å². The maximum absolute atomic E-state index is 13.6. The molecule has 4 aromatic heterocycles. The van der Waals surface area contributed by atoms with E-state index < -0.39 is 24.3 Å². The number of aromatic amines is 2. The number of hydrogen-bond donors (Lipinski definition) is 5. The molecule has 3 atom stereocenters. The highest BCUT2D eigenvalue weighted by Gasteiger charge is 2.37. The number of methoxy groups -OCH3 is 2. The second-order valence-electron chi connectivity index (χ2n) is 15.9. The van der Waals surface area contributed by atoms with Crippen LogP contribution in [0, 0.1) is 11.8 Å². The van der Waals surface area contributed by atoms with Crippen molar-refractivity contribution >= 4 is 57.1 Å². The number of H-pyrrole nitrogens is 2. The van der Waals surface area contributed by atoms with Crippen molar-refractivity contribution in [2.24, 2.45) is 11.8 Å². The summed E-state index contributed by atoms with van der Waals surface area (Å²) in [6.45, 7) is 8.59. The van der Waals surface area contributed by atoms with E-state index >= 15 is 0 Å². The Kier molecular flexibility index (Phi) is 12.6. The number of imidazole rings is 2. The number of carbonyl (C=O) groups is 4. The number of aromatic nitrogens is 6. The first-order chi connectivity index (χ1) is 28.9. The highest BCUT2D eigenvalue weighted by molar-refractivity contribution is 5.92. The zero-order valence-corrected chi connectivity index (χ0v) is 34.8. The van der Waals surface area contributed by atoms with Crippen molar-refractivity contribution in [1.82, 2.24) is 50.8 Å². The fraction of sp³-hybridized carbons (Fsp3) is 0.409. The van der Waals surface area contributed by atoms with Crippen molar-refractivity contribution < 1.29 is 28.7 Å². The first-order valence-electron chi connectivity index (χ1n) is 20.4. The minimum absolute atomic E-state index is 0.0796. The van der Waals surface area contributed by atoms with Crippen LogP contribution in [0.25, 0.3) is 55.4 Å². The topological polar surface area (TPSA) is 209 Å². The smallest absolute Gasteiger partial charge is 0.407 e. The third kappa shape index (κ3) is 9.17. The van der Waals surface area contributed by atoms with E-state index in [1.165, 1.54) is 14.2 Å². The molecule has 314 valence electrons. The molecule has 1 aliphatic heterocycles.